The van der Waals surface area contributed by atoms with Crippen LogP contribution in [0.3, 0.4) is 0 Å². The van der Waals surface area contributed by atoms with Crippen LogP contribution in [0.1, 0.15) is 33.6 Å². The van der Waals surface area contributed by atoms with Crippen molar-refractivity contribution in [2.24, 2.45) is 5.92 Å². The van der Waals surface area contributed by atoms with E-state index in [1.165, 1.54) is 6.92 Å². The van der Waals surface area contributed by atoms with E-state index in [1.54, 1.807) is 13.8 Å². The zero-order chi connectivity index (χ0) is 15.2. The minimum atomic E-state index is -4.38. The van der Waals surface area contributed by atoms with Gasteiger partial charge in [0, 0.05) is 6.04 Å². The Bertz CT molecular complexity index is 319. The molecule has 0 radical (unpaired) electrons. The monoisotopic (exact) mass is 284 g/mol. The predicted molar refractivity (Wildman–Crippen MR) is 62.7 cm³/mol. The van der Waals surface area contributed by atoms with E-state index < -0.39 is 36.7 Å². The molecule has 2 unspecified atom stereocenters. The Labute approximate surface area is 109 Å². The molecule has 8 heteroatoms. The standard InChI is InChI=1S/C11H19F3N2O3/c1-6(2)4-8(9(17)18)16-10(19)15-7(3)5-11(12,13)14/h6-8H,4-5H2,1-3H3,(H,17,18)(H2,15,16,19). The molecule has 0 aromatic rings. The van der Waals surface area contributed by atoms with Crippen molar-refractivity contribution < 1.29 is 27.9 Å². The molecule has 0 aliphatic heterocycles. The van der Waals surface area contributed by atoms with E-state index in [2.05, 4.69) is 10.6 Å². The van der Waals surface area contributed by atoms with E-state index in [1.807, 2.05) is 0 Å². The first-order valence-corrected chi connectivity index (χ1v) is 5.88. The summed E-state index contributed by atoms with van der Waals surface area (Å²) in [6.45, 7) is 4.76. The Balaban J connectivity index is 4.30. The van der Waals surface area contributed by atoms with Crippen molar-refractivity contribution >= 4 is 12.0 Å². The summed E-state index contributed by atoms with van der Waals surface area (Å²) in [6, 6.07) is -3.14. The highest BCUT2D eigenvalue weighted by Gasteiger charge is 2.31. The first kappa shape index (κ1) is 17.5. The molecule has 0 aromatic heterocycles. The van der Waals surface area contributed by atoms with Crippen LogP contribution in [0.15, 0.2) is 0 Å². The SMILES string of the molecule is CC(C)CC(NC(=O)NC(C)CC(F)(F)F)C(=O)O. The zero-order valence-electron chi connectivity index (χ0n) is 11.0. The summed E-state index contributed by atoms with van der Waals surface area (Å²) in [4.78, 5) is 22.2. The van der Waals surface area contributed by atoms with Crippen molar-refractivity contribution in [1.82, 2.24) is 10.6 Å². The average molecular weight is 284 g/mol. The quantitative estimate of drug-likeness (QED) is 0.699. The lowest BCUT2D eigenvalue weighted by Crippen LogP contribution is -2.49. The molecule has 19 heavy (non-hydrogen) atoms. The number of hydrogen-bond acceptors (Lipinski definition) is 2. The number of carboxylic acid groups (broad SMARTS) is 1. The number of nitrogens with one attached hydrogen (secondary N) is 2. The fraction of sp³-hybridized carbons (Fsp3) is 0.818. The minimum Gasteiger partial charge on any atom is -0.480 e. The van der Waals surface area contributed by atoms with E-state index in [4.69, 9.17) is 5.11 Å². The van der Waals surface area contributed by atoms with Gasteiger partial charge in [-0.25, -0.2) is 9.59 Å². The smallest absolute Gasteiger partial charge is 0.391 e. The maximum absolute atomic E-state index is 12.1. The molecule has 2 amide bonds. The Hall–Kier alpha value is -1.47. The average Bonchev–Trinajstić information content (AvgIpc) is 2.11. The van der Waals surface area contributed by atoms with Gasteiger partial charge in [-0.05, 0) is 19.3 Å². The summed E-state index contributed by atoms with van der Waals surface area (Å²) in [6.07, 6.45) is -5.34. The van der Waals surface area contributed by atoms with Crippen LogP contribution in [0.5, 0.6) is 0 Å². The molecule has 2 atom stereocenters. The Kier molecular flexibility index (Phi) is 6.64. The highest BCUT2D eigenvalue weighted by Crippen LogP contribution is 2.21. The van der Waals surface area contributed by atoms with Crippen LogP contribution in [-0.2, 0) is 4.79 Å². The van der Waals surface area contributed by atoms with Gasteiger partial charge in [0.05, 0.1) is 6.42 Å². The highest BCUT2D eigenvalue weighted by molar-refractivity contribution is 5.82. The Morgan fingerprint density at radius 2 is 1.68 bits per heavy atom. The van der Waals surface area contributed by atoms with Gasteiger partial charge in [0.1, 0.15) is 6.04 Å². The van der Waals surface area contributed by atoms with Crippen molar-refractivity contribution in [1.29, 1.82) is 0 Å². The van der Waals surface area contributed by atoms with Gasteiger partial charge in [-0.15, -0.1) is 0 Å². The largest absolute Gasteiger partial charge is 0.480 e. The predicted octanol–water partition coefficient (Wildman–Crippen LogP) is 2.13. The maximum Gasteiger partial charge on any atom is 0.391 e. The molecule has 3 N–H and O–H groups in total. The third-order valence-corrected chi connectivity index (χ3v) is 2.23. The molecular formula is C11H19F3N2O3. The zero-order valence-corrected chi connectivity index (χ0v) is 11.0. The molecule has 0 fully saturated rings. The number of carbonyl (C=O) groups is 2. The molecule has 0 saturated heterocycles. The number of carbonyl (C=O) groups excluding carboxylic acids is 1. The summed E-state index contributed by atoms with van der Waals surface area (Å²) in [5.74, 6) is -1.18. The van der Waals surface area contributed by atoms with E-state index >= 15 is 0 Å². The number of hydrogen-bond donors (Lipinski definition) is 3. The molecule has 112 valence electrons. The van der Waals surface area contributed by atoms with Gasteiger partial charge in [-0.3, -0.25) is 0 Å². The van der Waals surface area contributed by atoms with Crippen LogP contribution in [-0.4, -0.2) is 35.4 Å². The first-order valence-electron chi connectivity index (χ1n) is 5.88. The molecule has 0 aromatic carbocycles. The lowest BCUT2D eigenvalue weighted by Gasteiger charge is -2.20. The summed E-state index contributed by atoms with van der Waals surface area (Å²) in [5.41, 5.74) is 0. The minimum absolute atomic E-state index is 0.0361. The van der Waals surface area contributed by atoms with E-state index in [0.29, 0.717) is 0 Å². The number of alkyl halides is 3. The molecule has 0 heterocycles. The van der Waals surface area contributed by atoms with Gasteiger partial charge >= 0.3 is 18.2 Å². The van der Waals surface area contributed by atoms with Crippen LogP contribution in [0, 0.1) is 5.92 Å². The topological polar surface area (TPSA) is 78.4 Å². The second-order valence-electron chi connectivity index (χ2n) is 4.86. The molecule has 0 bridgehead atoms. The van der Waals surface area contributed by atoms with Gasteiger partial charge in [0.2, 0.25) is 0 Å². The van der Waals surface area contributed by atoms with Crippen molar-refractivity contribution in [3.8, 4) is 0 Å². The third kappa shape index (κ3) is 9.15. The summed E-state index contributed by atoms with van der Waals surface area (Å²) in [5, 5.41) is 13.1. The Morgan fingerprint density at radius 1 is 1.16 bits per heavy atom. The lowest BCUT2D eigenvalue weighted by atomic mass is 10.0. The van der Waals surface area contributed by atoms with Crippen molar-refractivity contribution in [3.63, 3.8) is 0 Å². The maximum atomic E-state index is 12.1. The van der Waals surface area contributed by atoms with Gasteiger partial charge in [-0.2, -0.15) is 13.2 Å². The number of urea groups is 1. The van der Waals surface area contributed by atoms with Gasteiger partial charge < -0.3 is 15.7 Å². The number of amides is 2. The molecule has 5 nitrogen and oxygen atoms in total. The number of halogens is 3. The fourth-order valence-corrected chi connectivity index (χ4v) is 1.51. The lowest BCUT2D eigenvalue weighted by molar-refractivity contribution is -0.140. The van der Waals surface area contributed by atoms with Crippen molar-refractivity contribution in [3.05, 3.63) is 0 Å². The summed E-state index contributed by atoms with van der Waals surface area (Å²) < 4.78 is 36.2. The fourth-order valence-electron chi connectivity index (χ4n) is 1.51. The van der Waals surface area contributed by atoms with E-state index in [-0.39, 0.29) is 12.3 Å². The van der Waals surface area contributed by atoms with E-state index in [0.717, 1.165) is 0 Å². The molecular weight excluding hydrogens is 265 g/mol. The number of carboxylic acids is 1. The molecule has 0 spiro atoms. The second kappa shape index (κ2) is 7.20. The van der Waals surface area contributed by atoms with Crippen LogP contribution in [0.4, 0.5) is 18.0 Å². The van der Waals surface area contributed by atoms with Crippen LogP contribution in [0.25, 0.3) is 0 Å². The van der Waals surface area contributed by atoms with Crippen LogP contribution >= 0.6 is 0 Å². The first-order chi connectivity index (χ1) is 8.51. The number of rotatable bonds is 6. The van der Waals surface area contributed by atoms with Gasteiger partial charge in [0.15, 0.2) is 0 Å². The van der Waals surface area contributed by atoms with Crippen LogP contribution in [0.2, 0.25) is 0 Å². The van der Waals surface area contributed by atoms with Gasteiger partial charge in [0.25, 0.3) is 0 Å². The van der Waals surface area contributed by atoms with Crippen molar-refractivity contribution in [2.75, 3.05) is 0 Å². The normalized spacial score (nSPS) is 14.9. The van der Waals surface area contributed by atoms with Crippen molar-refractivity contribution in [2.45, 2.75) is 51.9 Å². The third-order valence-electron chi connectivity index (χ3n) is 2.23. The highest BCUT2D eigenvalue weighted by atomic mass is 19.4. The second-order valence-corrected chi connectivity index (χ2v) is 4.86. The molecule has 0 aliphatic carbocycles. The summed E-state index contributed by atoms with van der Waals surface area (Å²) >= 11 is 0. The molecule has 0 rings (SSSR count). The number of aliphatic carboxylic acids is 1. The Morgan fingerprint density at radius 3 is 2.05 bits per heavy atom. The van der Waals surface area contributed by atoms with Gasteiger partial charge in [-0.1, -0.05) is 13.8 Å². The van der Waals surface area contributed by atoms with Crippen LogP contribution < -0.4 is 10.6 Å². The van der Waals surface area contributed by atoms with E-state index in [9.17, 15) is 22.8 Å². The molecule has 0 saturated carbocycles. The molecule has 0 aliphatic rings. The summed E-state index contributed by atoms with van der Waals surface area (Å²) in [7, 11) is 0.